The van der Waals surface area contributed by atoms with Crippen molar-refractivity contribution >= 4 is 23.0 Å². The van der Waals surface area contributed by atoms with E-state index in [4.69, 9.17) is 4.74 Å². The summed E-state index contributed by atoms with van der Waals surface area (Å²) in [6, 6.07) is 8.11. The normalized spacial score (nSPS) is 16.1. The molecule has 1 fully saturated rings. The molecule has 7 heteroatoms. The van der Waals surface area contributed by atoms with Gasteiger partial charge in [-0.3, -0.25) is 9.79 Å². The van der Waals surface area contributed by atoms with E-state index in [9.17, 15) is 4.79 Å². The predicted octanol–water partition coefficient (Wildman–Crippen LogP) is 1.92. The van der Waals surface area contributed by atoms with Crippen LogP contribution < -0.4 is 5.32 Å². The molecule has 0 atom stereocenters. The van der Waals surface area contributed by atoms with Gasteiger partial charge in [-0.25, -0.2) is 4.98 Å². The minimum absolute atomic E-state index is 0.00384. The molecule has 1 aliphatic rings. The maximum absolute atomic E-state index is 11.9. The smallest absolute Gasteiger partial charge is 0.309 e. The van der Waals surface area contributed by atoms with Crippen LogP contribution in [-0.4, -0.2) is 53.1 Å². The Bertz CT molecular complexity index is 790. The molecule has 0 aliphatic carbocycles. The second-order valence-electron chi connectivity index (χ2n) is 6.49. The zero-order valence-electron chi connectivity index (χ0n) is 15.7. The van der Waals surface area contributed by atoms with Crippen molar-refractivity contribution in [1.29, 1.82) is 0 Å². The molecule has 1 aromatic heterocycles. The Morgan fingerprint density at radius 1 is 1.35 bits per heavy atom. The largest absolute Gasteiger partial charge is 0.466 e. The van der Waals surface area contributed by atoms with Gasteiger partial charge in [-0.1, -0.05) is 12.1 Å². The number of para-hydroxylation sites is 2. The second-order valence-corrected chi connectivity index (χ2v) is 6.49. The van der Waals surface area contributed by atoms with Crippen LogP contribution in [0.2, 0.25) is 0 Å². The van der Waals surface area contributed by atoms with E-state index >= 15 is 0 Å². The van der Waals surface area contributed by atoms with Crippen LogP contribution in [0.25, 0.3) is 11.0 Å². The number of piperidine rings is 1. The van der Waals surface area contributed by atoms with Crippen molar-refractivity contribution in [3.05, 3.63) is 30.1 Å². The van der Waals surface area contributed by atoms with Crippen LogP contribution in [0.15, 0.2) is 29.3 Å². The summed E-state index contributed by atoms with van der Waals surface area (Å²) >= 11 is 0. The van der Waals surface area contributed by atoms with Crippen molar-refractivity contribution in [2.45, 2.75) is 26.3 Å². The standard InChI is InChI=1S/C19H27N5O2/c1-4-26-18(25)14-9-11-24(12-10-14)19(20-2)21-13-17-22-15-7-5-6-8-16(15)23(17)3/h5-8,14H,4,9-13H2,1-3H3,(H,20,21). The Morgan fingerprint density at radius 2 is 2.08 bits per heavy atom. The average Bonchev–Trinajstić information content (AvgIpc) is 2.99. The van der Waals surface area contributed by atoms with E-state index in [1.54, 1.807) is 7.05 Å². The molecule has 2 aromatic rings. The second kappa shape index (κ2) is 8.21. The summed E-state index contributed by atoms with van der Waals surface area (Å²) in [6.07, 6.45) is 1.59. The third-order valence-corrected chi connectivity index (χ3v) is 4.91. The number of ether oxygens (including phenoxy) is 1. The molecule has 1 saturated heterocycles. The molecule has 0 unspecified atom stereocenters. The molecule has 140 valence electrons. The van der Waals surface area contributed by atoms with E-state index in [-0.39, 0.29) is 11.9 Å². The summed E-state index contributed by atoms with van der Waals surface area (Å²) < 4.78 is 7.24. The van der Waals surface area contributed by atoms with Crippen molar-refractivity contribution in [3.8, 4) is 0 Å². The summed E-state index contributed by atoms with van der Waals surface area (Å²) in [5.74, 6) is 1.74. The number of aromatic nitrogens is 2. The van der Waals surface area contributed by atoms with Crippen molar-refractivity contribution in [2.75, 3.05) is 26.7 Å². The summed E-state index contributed by atoms with van der Waals surface area (Å²) in [4.78, 5) is 23.2. The Hall–Kier alpha value is -2.57. The zero-order valence-corrected chi connectivity index (χ0v) is 15.7. The molecule has 26 heavy (non-hydrogen) atoms. The number of likely N-dealkylation sites (tertiary alicyclic amines) is 1. The van der Waals surface area contributed by atoms with Crippen molar-refractivity contribution in [3.63, 3.8) is 0 Å². The fourth-order valence-electron chi connectivity index (χ4n) is 3.43. The number of nitrogens with zero attached hydrogens (tertiary/aromatic N) is 4. The predicted molar refractivity (Wildman–Crippen MR) is 102 cm³/mol. The molecule has 0 spiro atoms. The zero-order chi connectivity index (χ0) is 18.5. The highest BCUT2D eigenvalue weighted by atomic mass is 16.5. The molecular weight excluding hydrogens is 330 g/mol. The number of guanidine groups is 1. The highest BCUT2D eigenvalue weighted by Gasteiger charge is 2.27. The molecular formula is C19H27N5O2. The first kappa shape index (κ1) is 18.2. The van der Waals surface area contributed by atoms with Crippen LogP contribution in [0.3, 0.4) is 0 Å². The van der Waals surface area contributed by atoms with Crippen LogP contribution >= 0.6 is 0 Å². The lowest BCUT2D eigenvalue weighted by Crippen LogP contribution is -2.46. The van der Waals surface area contributed by atoms with Crippen molar-refractivity contribution in [2.24, 2.45) is 18.0 Å². The topological polar surface area (TPSA) is 71.8 Å². The third kappa shape index (κ3) is 3.81. The van der Waals surface area contributed by atoms with E-state index in [2.05, 4.69) is 30.8 Å². The number of rotatable bonds is 4. The minimum atomic E-state index is -0.0743. The Labute approximate surface area is 154 Å². The summed E-state index contributed by atoms with van der Waals surface area (Å²) in [6.45, 7) is 4.49. The van der Waals surface area contributed by atoms with Gasteiger partial charge in [0, 0.05) is 27.2 Å². The van der Waals surface area contributed by atoms with E-state index < -0.39 is 0 Å². The van der Waals surface area contributed by atoms with E-state index in [0.717, 1.165) is 48.7 Å². The number of carbonyl (C=O) groups is 1. The quantitative estimate of drug-likeness (QED) is 0.514. The highest BCUT2D eigenvalue weighted by molar-refractivity contribution is 5.81. The van der Waals surface area contributed by atoms with E-state index in [1.807, 2.05) is 32.2 Å². The molecule has 7 nitrogen and oxygen atoms in total. The van der Waals surface area contributed by atoms with Gasteiger partial charge in [0.25, 0.3) is 0 Å². The molecule has 0 amide bonds. The van der Waals surface area contributed by atoms with Crippen molar-refractivity contribution in [1.82, 2.24) is 19.8 Å². The lowest BCUT2D eigenvalue weighted by Gasteiger charge is -2.33. The maximum atomic E-state index is 11.9. The highest BCUT2D eigenvalue weighted by Crippen LogP contribution is 2.19. The lowest BCUT2D eigenvalue weighted by atomic mass is 9.97. The third-order valence-electron chi connectivity index (χ3n) is 4.91. The fourth-order valence-corrected chi connectivity index (χ4v) is 3.43. The number of aliphatic imine (C=N–C) groups is 1. The Balaban J connectivity index is 1.58. The molecule has 1 aliphatic heterocycles. The van der Waals surface area contributed by atoms with Crippen LogP contribution in [-0.2, 0) is 23.1 Å². The number of hydrogen-bond donors (Lipinski definition) is 1. The monoisotopic (exact) mass is 357 g/mol. The summed E-state index contributed by atoms with van der Waals surface area (Å²) in [7, 11) is 3.81. The number of fused-ring (bicyclic) bond motifs is 1. The SMILES string of the molecule is CCOC(=O)C1CCN(C(=NC)NCc2nc3ccccc3n2C)CC1. The van der Waals surface area contributed by atoms with Crippen molar-refractivity contribution < 1.29 is 9.53 Å². The Kier molecular flexibility index (Phi) is 5.75. The number of nitrogens with one attached hydrogen (secondary N) is 1. The molecule has 1 aromatic carbocycles. The summed E-state index contributed by atoms with van der Waals surface area (Å²) in [5, 5.41) is 3.40. The minimum Gasteiger partial charge on any atom is -0.466 e. The van der Waals surface area contributed by atoms with Crippen LogP contribution in [0, 0.1) is 5.92 Å². The molecule has 0 bridgehead atoms. The van der Waals surface area contributed by atoms with Gasteiger partial charge in [0.1, 0.15) is 5.82 Å². The van der Waals surface area contributed by atoms with E-state index in [0.29, 0.717) is 13.2 Å². The van der Waals surface area contributed by atoms with Crippen LogP contribution in [0.1, 0.15) is 25.6 Å². The Morgan fingerprint density at radius 3 is 2.73 bits per heavy atom. The first-order chi connectivity index (χ1) is 12.6. The summed E-state index contributed by atoms with van der Waals surface area (Å²) in [5.41, 5.74) is 2.12. The van der Waals surface area contributed by atoms with Gasteiger partial charge in [0.05, 0.1) is 30.1 Å². The first-order valence-corrected chi connectivity index (χ1v) is 9.16. The molecule has 2 heterocycles. The number of aryl methyl sites for hydroxylation is 1. The number of hydrogen-bond acceptors (Lipinski definition) is 4. The van der Waals surface area contributed by atoms with Crippen LogP contribution in [0.4, 0.5) is 0 Å². The fraction of sp³-hybridized carbons (Fsp3) is 0.526. The van der Waals surface area contributed by atoms with Gasteiger partial charge in [-0.15, -0.1) is 0 Å². The number of benzene rings is 1. The first-order valence-electron chi connectivity index (χ1n) is 9.16. The van der Waals surface area contributed by atoms with Gasteiger partial charge in [0.2, 0.25) is 0 Å². The average molecular weight is 357 g/mol. The molecule has 3 rings (SSSR count). The van der Waals surface area contributed by atoms with Gasteiger partial charge >= 0.3 is 5.97 Å². The van der Waals surface area contributed by atoms with Gasteiger partial charge in [-0.05, 0) is 31.9 Å². The van der Waals surface area contributed by atoms with Gasteiger partial charge in [0.15, 0.2) is 5.96 Å². The molecule has 0 saturated carbocycles. The lowest BCUT2D eigenvalue weighted by molar-refractivity contribution is -0.149. The van der Waals surface area contributed by atoms with E-state index in [1.165, 1.54) is 0 Å². The number of carbonyl (C=O) groups excluding carboxylic acids is 1. The van der Waals surface area contributed by atoms with Gasteiger partial charge < -0.3 is 19.5 Å². The number of imidazole rings is 1. The maximum Gasteiger partial charge on any atom is 0.309 e. The van der Waals surface area contributed by atoms with Crippen LogP contribution in [0.5, 0.6) is 0 Å². The molecule has 0 radical (unpaired) electrons. The van der Waals surface area contributed by atoms with Gasteiger partial charge in [-0.2, -0.15) is 0 Å². The molecule has 1 N–H and O–H groups in total. The number of esters is 1.